The first kappa shape index (κ1) is 12.2. The number of nitrogens with one attached hydrogen (secondary N) is 2. The number of carbonyl (C=O) groups is 1. The van der Waals surface area contributed by atoms with Crippen molar-refractivity contribution >= 4 is 33.4 Å². The fraction of sp³-hybridized carbons (Fsp3) is 0.0833. The zero-order valence-electron chi connectivity index (χ0n) is 8.84. The number of benzene rings is 1. The van der Waals surface area contributed by atoms with Crippen LogP contribution in [0.5, 0.6) is 0 Å². The minimum atomic E-state index is -0.138. The van der Waals surface area contributed by atoms with Gasteiger partial charge in [-0.1, -0.05) is 11.6 Å². The first-order valence-electron chi connectivity index (χ1n) is 5.02. The van der Waals surface area contributed by atoms with Crippen LogP contribution in [0.4, 0.5) is 0 Å². The summed E-state index contributed by atoms with van der Waals surface area (Å²) in [5.41, 5.74) is 1.58. The molecular formula is C12H10BrClN2O. The van der Waals surface area contributed by atoms with E-state index in [9.17, 15) is 4.79 Å². The minimum Gasteiger partial charge on any atom is -0.367 e. The molecule has 3 nitrogen and oxygen atoms in total. The Morgan fingerprint density at radius 3 is 2.88 bits per heavy atom. The lowest BCUT2D eigenvalue weighted by molar-refractivity contribution is 0.0951. The van der Waals surface area contributed by atoms with Crippen LogP contribution in [0.3, 0.4) is 0 Å². The summed E-state index contributed by atoms with van der Waals surface area (Å²) in [6.07, 6.45) is 3.66. The summed E-state index contributed by atoms with van der Waals surface area (Å²) in [5, 5.41) is 3.34. The summed E-state index contributed by atoms with van der Waals surface area (Å²) in [6, 6.07) is 7.03. The monoisotopic (exact) mass is 312 g/mol. The molecular weight excluding hydrogens is 304 g/mol. The third kappa shape index (κ3) is 3.11. The van der Waals surface area contributed by atoms with Gasteiger partial charge in [-0.05, 0) is 45.8 Å². The molecule has 88 valence electrons. The summed E-state index contributed by atoms with van der Waals surface area (Å²) in [6.45, 7) is 0.496. The number of rotatable bonds is 3. The van der Waals surface area contributed by atoms with Gasteiger partial charge in [-0.2, -0.15) is 0 Å². The van der Waals surface area contributed by atoms with E-state index >= 15 is 0 Å². The number of aromatic amines is 1. The van der Waals surface area contributed by atoms with Gasteiger partial charge in [0.05, 0.1) is 5.02 Å². The van der Waals surface area contributed by atoms with E-state index in [0.29, 0.717) is 17.1 Å². The van der Waals surface area contributed by atoms with Gasteiger partial charge in [-0.15, -0.1) is 0 Å². The number of carbonyl (C=O) groups excluding carboxylic acids is 1. The van der Waals surface area contributed by atoms with E-state index in [4.69, 9.17) is 11.6 Å². The van der Waals surface area contributed by atoms with E-state index in [2.05, 4.69) is 26.2 Å². The molecule has 0 saturated carbocycles. The normalized spacial score (nSPS) is 10.2. The predicted octanol–water partition coefficient (Wildman–Crippen LogP) is 3.36. The molecule has 0 fully saturated rings. The van der Waals surface area contributed by atoms with Crippen LogP contribution in [0, 0.1) is 0 Å². The van der Waals surface area contributed by atoms with E-state index in [1.54, 1.807) is 18.2 Å². The Balaban J connectivity index is 2.02. The molecule has 1 amide bonds. The Morgan fingerprint density at radius 1 is 1.41 bits per heavy atom. The van der Waals surface area contributed by atoms with Crippen molar-refractivity contribution in [2.75, 3.05) is 0 Å². The van der Waals surface area contributed by atoms with Crippen molar-refractivity contribution in [1.29, 1.82) is 0 Å². The highest BCUT2D eigenvalue weighted by atomic mass is 79.9. The van der Waals surface area contributed by atoms with Gasteiger partial charge in [-0.3, -0.25) is 4.79 Å². The summed E-state index contributed by atoms with van der Waals surface area (Å²) < 4.78 is 0.779. The highest BCUT2D eigenvalue weighted by molar-refractivity contribution is 9.10. The number of amides is 1. The predicted molar refractivity (Wildman–Crippen MR) is 71.1 cm³/mol. The highest BCUT2D eigenvalue weighted by Gasteiger charge is 2.07. The third-order valence-electron chi connectivity index (χ3n) is 2.30. The topological polar surface area (TPSA) is 44.9 Å². The lowest BCUT2D eigenvalue weighted by atomic mass is 10.2. The second kappa shape index (κ2) is 5.38. The molecule has 0 atom stereocenters. The highest BCUT2D eigenvalue weighted by Crippen LogP contribution is 2.23. The van der Waals surface area contributed by atoms with E-state index in [-0.39, 0.29) is 5.91 Å². The van der Waals surface area contributed by atoms with E-state index in [1.807, 2.05) is 18.5 Å². The summed E-state index contributed by atoms with van der Waals surface area (Å²) in [7, 11) is 0. The van der Waals surface area contributed by atoms with Crippen LogP contribution in [0.1, 0.15) is 15.9 Å². The Labute approximate surface area is 112 Å². The molecule has 0 spiro atoms. The fourth-order valence-corrected chi connectivity index (χ4v) is 1.82. The number of halogens is 2. The Morgan fingerprint density at radius 2 is 2.24 bits per heavy atom. The van der Waals surface area contributed by atoms with Crippen molar-refractivity contribution in [3.8, 4) is 0 Å². The smallest absolute Gasteiger partial charge is 0.251 e. The molecule has 0 radical (unpaired) electrons. The van der Waals surface area contributed by atoms with Crippen molar-refractivity contribution in [2.45, 2.75) is 6.54 Å². The molecule has 0 aliphatic heterocycles. The SMILES string of the molecule is O=C(NCc1cc[nH]c1)c1ccc(Br)c(Cl)c1. The first-order valence-corrected chi connectivity index (χ1v) is 6.19. The molecule has 5 heteroatoms. The zero-order valence-corrected chi connectivity index (χ0v) is 11.2. The average molecular weight is 314 g/mol. The van der Waals surface area contributed by atoms with E-state index < -0.39 is 0 Å². The van der Waals surface area contributed by atoms with Crippen molar-refractivity contribution in [2.24, 2.45) is 0 Å². The average Bonchev–Trinajstić information content (AvgIpc) is 2.82. The van der Waals surface area contributed by atoms with Crippen LogP contribution in [0.2, 0.25) is 5.02 Å². The first-order chi connectivity index (χ1) is 8.16. The lowest BCUT2D eigenvalue weighted by Crippen LogP contribution is -2.22. The number of H-pyrrole nitrogens is 1. The molecule has 0 saturated heterocycles. The molecule has 1 aromatic heterocycles. The van der Waals surface area contributed by atoms with Crippen LogP contribution < -0.4 is 5.32 Å². The van der Waals surface area contributed by atoms with Crippen molar-refractivity contribution in [3.63, 3.8) is 0 Å². The molecule has 17 heavy (non-hydrogen) atoms. The summed E-state index contributed by atoms with van der Waals surface area (Å²) in [5.74, 6) is -0.138. The van der Waals surface area contributed by atoms with Gasteiger partial charge in [-0.25, -0.2) is 0 Å². The zero-order chi connectivity index (χ0) is 12.3. The van der Waals surface area contributed by atoms with Crippen LogP contribution in [-0.2, 0) is 6.54 Å². The lowest BCUT2D eigenvalue weighted by Gasteiger charge is -2.05. The van der Waals surface area contributed by atoms with Gasteiger partial charge in [0, 0.05) is 29.0 Å². The van der Waals surface area contributed by atoms with Crippen molar-refractivity contribution in [3.05, 3.63) is 57.3 Å². The van der Waals surface area contributed by atoms with Gasteiger partial charge < -0.3 is 10.3 Å². The van der Waals surface area contributed by atoms with Gasteiger partial charge >= 0.3 is 0 Å². The molecule has 0 aliphatic carbocycles. The standard InChI is InChI=1S/C12H10BrClN2O/c13-10-2-1-9(5-11(10)14)12(17)16-7-8-3-4-15-6-8/h1-6,15H,7H2,(H,16,17). The molecule has 0 unspecified atom stereocenters. The number of hydrogen-bond acceptors (Lipinski definition) is 1. The van der Waals surface area contributed by atoms with E-state index in [1.165, 1.54) is 0 Å². The Bertz CT molecular complexity index is 525. The largest absolute Gasteiger partial charge is 0.367 e. The van der Waals surface area contributed by atoms with Crippen molar-refractivity contribution in [1.82, 2.24) is 10.3 Å². The van der Waals surface area contributed by atoms with Crippen LogP contribution in [0.15, 0.2) is 41.1 Å². The molecule has 0 aliphatic rings. The molecule has 2 rings (SSSR count). The Kier molecular flexibility index (Phi) is 3.86. The van der Waals surface area contributed by atoms with Gasteiger partial charge in [0.2, 0.25) is 0 Å². The maximum atomic E-state index is 11.8. The summed E-state index contributed by atoms with van der Waals surface area (Å²) in [4.78, 5) is 14.7. The molecule has 2 N–H and O–H groups in total. The number of hydrogen-bond donors (Lipinski definition) is 2. The fourth-order valence-electron chi connectivity index (χ4n) is 1.39. The van der Waals surface area contributed by atoms with Crippen molar-refractivity contribution < 1.29 is 4.79 Å². The van der Waals surface area contributed by atoms with Crippen LogP contribution >= 0.6 is 27.5 Å². The van der Waals surface area contributed by atoms with Gasteiger partial charge in [0.15, 0.2) is 0 Å². The quantitative estimate of drug-likeness (QED) is 0.896. The Hall–Kier alpha value is -1.26. The third-order valence-corrected chi connectivity index (χ3v) is 3.53. The maximum absolute atomic E-state index is 11.8. The van der Waals surface area contributed by atoms with Crippen LogP contribution in [-0.4, -0.2) is 10.9 Å². The molecule has 1 aromatic carbocycles. The van der Waals surface area contributed by atoms with Crippen LogP contribution in [0.25, 0.3) is 0 Å². The summed E-state index contributed by atoms with van der Waals surface area (Å²) >= 11 is 9.21. The maximum Gasteiger partial charge on any atom is 0.251 e. The second-order valence-corrected chi connectivity index (χ2v) is 4.79. The number of aromatic nitrogens is 1. The molecule has 0 bridgehead atoms. The second-order valence-electron chi connectivity index (χ2n) is 3.53. The molecule has 2 aromatic rings. The van der Waals surface area contributed by atoms with E-state index in [0.717, 1.165) is 10.0 Å². The van der Waals surface area contributed by atoms with Gasteiger partial charge in [0.25, 0.3) is 5.91 Å². The van der Waals surface area contributed by atoms with Gasteiger partial charge in [0.1, 0.15) is 0 Å². The minimum absolute atomic E-state index is 0.138. The molecule has 1 heterocycles.